The lowest BCUT2D eigenvalue weighted by Gasteiger charge is -2.17. The van der Waals surface area contributed by atoms with E-state index in [1.54, 1.807) is 18.0 Å². The Morgan fingerprint density at radius 3 is 2.55 bits per heavy atom. The molecule has 0 aliphatic rings. The molecule has 0 aliphatic heterocycles. The monoisotopic (exact) mass is 298 g/mol. The van der Waals surface area contributed by atoms with Crippen molar-refractivity contribution in [3.63, 3.8) is 0 Å². The summed E-state index contributed by atoms with van der Waals surface area (Å²) in [5, 5.41) is 3.17. The molecule has 1 heterocycles. The first-order valence-electron chi connectivity index (χ1n) is 7.40. The number of nitrogens with one attached hydrogen (secondary N) is 1. The second-order valence-electron chi connectivity index (χ2n) is 5.69. The fourth-order valence-corrected chi connectivity index (χ4v) is 1.99. The Balaban J connectivity index is 2.22. The minimum atomic E-state index is -0.149. The zero-order chi connectivity index (χ0) is 16.1. The number of nitrogens with zero attached hydrogens (tertiary/aromatic N) is 3. The summed E-state index contributed by atoms with van der Waals surface area (Å²) >= 11 is 0. The maximum Gasteiger partial charge on any atom is 0.276 e. The van der Waals surface area contributed by atoms with E-state index in [0.29, 0.717) is 17.6 Å². The normalized spacial score (nSPS) is 10.6. The van der Waals surface area contributed by atoms with Crippen LogP contribution in [0.5, 0.6) is 0 Å². The number of carbonyl (C=O) groups excluding carboxylic acids is 1. The van der Waals surface area contributed by atoms with Crippen LogP contribution < -0.4 is 10.2 Å². The molecule has 22 heavy (non-hydrogen) atoms. The summed E-state index contributed by atoms with van der Waals surface area (Å²) in [7, 11) is 1.75. The minimum absolute atomic E-state index is 0.149. The van der Waals surface area contributed by atoms with Crippen molar-refractivity contribution >= 4 is 17.5 Å². The maximum absolute atomic E-state index is 12.6. The Morgan fingerprint density at radius 1 is 1.23 bits per heavy atom. The van der Waals surface area contributed by atoms with Gasteiger partial charge in [-0.05, 0) is 31.0 Å². The van der Waals surface area contributed by atoms with E-state index in [4.69, 9.17) is 0 Å². The van der Waals surface area contributed by atoms with Gasteiger partial charge in [0.2, 0.25) is 5.95 Å². The largest absolute Gasteiger partial charge is 0.354 e. The Labute approximate surface area is 131 Å². The van der Waals surface area contributed by atoms with Crippen molar-refractivity contribution in [2.24, 2.45) is 5.92 Å². The predicted molar refractivity (Wildman–Crippen MR) is 89.3 cm³/mol. The lowest BCUT2D eigenvalue weighted by atomic mass is 10.2. The number of aryl methyl sites for hydroxylation is 1. The molecule has 2 aromatic rings. The SMILES string of the molecule is Cc1cc(C(=O)N(C)c2ccccc2)nc(NCC(C)C)n1. The zero-order valence-electron chi connectivity index (χ0n) is 13.5. The summed E-state index contributed by atoms with van der Waals surface area (Å²) in [6.07, 6.45) is 0. The molecule has 0 bridgehead atoms. The van der Waals surface area contributed by atoms with Crippen LogP contribution in [0.3, 0.4) is 0 Å². The molecule has 5 nitrogen and oxygen atoms in total. The van der Waals surface area contributed by atoms with Gasteiger partial charge in [-0.25, -0.2) is 9.97 Å². The highest BCUT2D eigenvalue weighted by molar-refractivity contribution is 6.04. The third-order valence-corrected chi connectivity index (χ3v) is 3.19. The molecular weight excluding hydrogens is 276 g/mol. The molecule has 116 valence electrons. The third kappa shape index (κ3) is 4.04. The molecule has 0 saturated heterocycles. The molecule has 1 aromatic heterocycles. The van der Waals surface area contributed by atoms with Crippen molar-refractivity contribution in [1.29, 1.82) is 0 Å². The van der Waals surface area contributed by atoms with Crippen LogP contribution in [0.2, 0.25) is 0 Å². The van der Waals surface area contributed by atoms with Gasteiger partial charge in [0.25, 0.3) is 5.91 Å². The van der Waals surface area contributed by atoms with Crippen LogP contribution in [0.1, 0.15) is 30.0 Å². The molecule has 0 fully saturated rings. The molecule has 0 unspecified atom stereocenters. The fourth-order valence-electron chi connectivity index (χ4n) is 1.99. The van der Waals surface area contributed by atoms with Crippen LogP contribution in [0.4, 0.5) is 11.6 Å². The highest BCUT2D eigenvalue weighted by Gasteiger charge is 2.16. The number of hydrogen-bond donors (Lipinski definition) is 1. The quantitative estimate of drug-likeness (QED) is 0.921. The molecule has 2 rings (SSSR count). The van der Waals surface area contributed by atoms with Gasteiger partial charge in [-0.3, -0.25) is 4.79 Å². The minimum Gasteiger partial charge on any atom is -0.354 e. The molecule has 0 spiro atoms. The Kier molecular flexibility index (Phi) is 5.09. The molecular formula is C17H22N4O. The Morgan fingerprint density at radius 2 is 1.91 bits per heavy atom. The van der Waals surface area contributed by atoms with Crippen LogP contribution in [0, 0.1) is 12.8 Å². The average Bonchev–Trinajstić information content (AvgIpc) is 2.52. The van der Waals surface area contributed by atoms with Crippen LogP contribution in [0.15, 0.2) is 36.4 Å². The summed E-state index contributed by atoms with van der Waals surface area (Å²) < 4.78 is 0. The van der Waals surface area contributed by atoms with Gasteiger partial charge >= 0.3 is 0 Å². The highest BCUT2D eigenvalue weighted by atomic mass is 16.2. The molecule has 0 saturated carbocycles. The summed E-state index contributed by atoms with van der Waals surface area (Å²) in [6.45, 7) is 6.85. The van der Waals surface area contributed by atoms with E-state index in [2.05, 4.69) is 29.1 Å². The van der Waals surface area contributed by atoms with Crippen molar-refractivity contribution in [2.45, 2.75) is 20.8 Å². The second kappa shape index (κ2) is 7.02. The van der Waals surface area contributed by atoms with Gasteiger partial charge in [0, 0.05) is 25.0 Å². The summed E-state index contributed by atoms with van der Waals surface area (Å²) in [5.41, 5.74) is 2.00. The van der Waals surface area contributed by atoms with Gasteiger partial charge in [-0.15, -0.1) is 0 Å². The fraction of sp³-hybridized carbons (Fsp3) is 0.353. The topological polar surface area (TPSA) is 58.1 Å². The molecule has 0 atom stereocenters. The summed E-state index contributed by atoms with van der Waals surface area (Å²) in [6, 6.07) is 11.2. The van der Waals surface area contributed by atoms with Crippen molar-refractivity contribution < 1.29 is 4.79 Å². The predicted octanol–water partition coefficient (Wildman–Crippen LogP) is 3.13. The molecule has 5 heteroatoms. The molecule has 0 aliphatic carbocycles. The number of benzene rings is 1. The number of carbonyl (C=O) groups is 1. The average molecular weight is 298 g/mol. The van der Waals surface area contributed by atoms with Crippen LogP contribution in [-0.2, 0) is 0 Å². The van der Waals surface area contributed by atoms with Gasteiger partial charge < -0.3 is 10.2 Å². The lowest BCUT2D eigenvalue weighted by Crippen LogP contribution is -2.27. The number of anilines is 2. The number of amides is 1. The smallest absolute Gasteiger partial charge is 0.276 e. The molecule has 1 N–H and O–H groups in total. The van der Waals surface area contributed by atoms with Gasteiger partial charge in [0.15, 0.2) is 0 Å². The van der Waals surface area contributed by atoms with Gasteiger partial charge in [-0.1, -0.05) is 32.0 Å². The van der Waals surface area contributed by atoms with E-state index in [1.165, 1.54) is 0 Å². The lowest BCUT2D eigenvalue weighted by molar-refractivity contribution is 0.0988. The van der Waals surface area contributed by atoms with E-state index in [0.717, 1.165) is 17.9 Å². The van der Waals surface area contributed by atoms with Crippen LogP contribution >= 0.6 is 0 Å². The maximum atomic E-state index is 12.6. The van der Waals surface area contributed by atoms with Crippen molar-refractivity contribution in [1.82, 2.24) is 9.97 Å². The second-order valence-corrected chi connectivity index (χ2v) is 5.69. The number of para-hydroxylation sites is 1. The molecule has 0 radical (unpaired) electrons. The summed E-state index contributed by atoms with van der Waals surface area (Å²) in [4.78, 5) is 22.9. The van der Waals surface area contributed by atoms with E-state index in [9.17, 15) is 4.79 Å². The summed E-state index contributed by atoms with van der Waals surface area (Å²) in [5.74, 6) is 0.832. The Hall–Kier alpha value is -2.43. The number of hydrogen-bond acceptors (Lipinski definition) is 4. The van der Waals surface area contributed by atoms with Gasteiger partial charge in [-0.2, -0.15) is 0 Å². The number of rotatable bonds is 5. The van der Waals surface area contributed by atoms with E-state index in [1.807, 2.05) is 37.3 Å². The molecule has 1 amide bonds. The molecule has 1 aromatic carbocycles. The van der Waals surface area contributed by atoms with Gasteiger partial charge in [0.1, 0.15) is 5.69 Å². The highest BCUT2D eigenvalue weighted by Crippen LogP contribution is 2.15. The van der Waals surface area contributed by atoms with Crippen molar-refractivity contribution in [3.05, 3.63) is 47.8 Å². The van der Waals surface area contributed by atoms with E-state index >= 15 is 0 Å². The van der Waals surface area contributed by atoms with Gasteiger partial charge in [0.05, 0.1) is 0 Å². The van der Waals surface area contributed by atoms with Crippen LogP contribution in [0.25, 0.3) is 0 Å². The first-order valence-corrected chi connectivity index (χ1v) is 7.40. The van der Waals surface area contributed by atoms with Crippen LogP contribution in [-0.4, -0.2) is 29.5 Å². The first kappa shape index (κ1) is 15.9. The van der Waals surface area contributed by atoms with Crippen molar-refractivity contribution in [2.75, 3.05) is 23.8 Å². The number of aromatic nitrogens is 2. The van der Waals surface area contributed by atoms with E-state index in [-0.39, 0.29) is 5.91 Å². The van der Waals surface area contributed by atoms with Crippen molar-refractivity contribution in [3.8, 4) is 0 Å². The Bertz CT molecular complexity index is 640. The standard InChI is InChI=1S/C17H22N4O/c1-12(2)11-18-17-19-13(3)10-15(20-17)16(22)21(4)14-8-6-5-7-9-14/h5-10,12H,11H2,1-4H3,(H,18,19,20). The third-order valence-electron chi connectivity index (χ3n) is 3.19. The zero-order valence-corrected chi connectivity index (χ0v) is 13.5. The van der Waals surface area contributed by atoms with E-state index < -0.39 is 0 Å². The first-order chi connectivity index (χ1) is 10.5.